The van der Waals surface area contributed by atoms with Gasteiger partial charge in [-0.3, -0.25) is 14.6 Å². The Bertz CT molecular complexity index is 1450. The third kappa shape index (κ3) is 4.78. The van der Waals surface area contributed by atoms with Crippen LogP contribution in [0.25, 0.3) is 10.9 Å². The van der Waals surface area contributed by atoms with Crippen molar-refractivity contribution in [2.45, 2.75) is 13.5 Å². The summed E-state index contributed by atoms with van der Waals surface area (Å²) in [5.41, 5.74) is 4.17. The first-order chi connectivity index (χ1) is 17.0. The van der Waals surface area contributed by atoms with Gasteiger partial charge in [-0.05, 0) is 67.1 Å². The number of hydrogen-bond acceptors (Lipinski definition) is 6. The molecule has 1 aliphatic rings. The molecule has 176 valence electrons. The van der Waals surface area contributed by atoms with Crippen LogP contribution in [0.5, 0.6) is 11.5 Å². The molecule has 0 saturated heterocycles. The molecular weight excluding hydrogens is 446 g/mol. The van der Waals surface area contributed by atoms with Crippen LogP contribution in [0.15, 0.2) is 66.7 Å². The number of hydrogen-bond donors (Lipinski definition) is 3. The Hall–Kier alpha value is -4.43. The number of carbonyl (C=O) groups excluding carboxylic acids is 2. The number of amides is 2. The van der Waals surface area contributed by atoms with E-state index in [1.54, 1.807) is 54.6 Å². The van der Waals surface area contributed by atoms with Gasteiger partial charge in [-0.1, -0.05) is 12.1 Å². The quantitative estimate of drug-likeness (QED) is 0.402. The van der Waals surface area contributed by atoms with E-state index in [2.05, 4.69) is 15.6 Å². The second-order valence-corrected chi connectivity index (χ2v) is 8.16. The van der Waals surface area contributed by atoms with Crippen molar-refractivity contribution in [3.8, 4) is 11.5 Å². The van der Waals surface area contributed by atoms with Gasteiger partial charge in [0.05, 0.1) is 17.8 Å². The minimum Gasteiger partial charge on any atom is -0.486 e. The van der Waals surface area contributed by atoms with Gasteiger partial charge >= 0.3 is 0 Å². The molecule has 2 amide bonds. The summed E-state index contributed by atoms with van der Waals surface area (Å²) in [5.74, 6) is 0.578. The van der Waals surface area contributed by atoms with Gasteiger partial charge in [-0.15, -0.1) is 0 Å². The predicted molar refractivity (Wildman–Crippen MR) is 132 cm³/mol. The van der Waals surface area contributed by atoms with Crippen molar-refractivity contribution in [3.63, 3.8) is 0 Å². The Morgan fingerprint density at radius 3 is 2.43 bits per heavy atom. The summed E-state index contributed by atoms with van der Waals surface area (Å²) in [7, 11) is 0. The molecule has 0 unspecified atom stereocenters. The molecular formula is C27H23N3O5. The third-order valence-electron chi connectivity index (χ3n) is 5.72. The van der Waals surface area contributed by atoms with Crippen LogP contribution in [-0.2, 0) is 6.61 Å². The standard InChI is InChI=1S/C27H23N3O5/c1-16-2-6-20(29-26(32)19-5-9-24-25(13-19)35-11-10-34-24)14-23(16)30-27(33)18-4-8-22-17(12-18)3-7-21(15-31)28-22/h2-9,12-14,31H,10-11,15H2,1H3,(H,29,32)(H,30,33). The summed E-state index contributed by atoms with van der Waals surface area (Å²) in [6, 6.07) is 19.1. The highest BCUT2D eigenvalue weighted by atomic mass is 16.6. The second-order valence-electron chi connectivity index (χ2n) is 8.16. The van der Waals surface area contributed by atoms with Crippen molar-refractivity contribution in [3.05, 3.63) is 89.1 Å². The van der Waals surface area contributed by atoms with E-state index in [1.165, 1.54) is 0 Å². The monoisotopic (exact) mass is 469 g/mol. The fourth-order valence-electron chi connectivity index (χ4n) is 3.81. The number of aliphatic hydroxyl groups is 1. The molecule has 1 aliphatic heterocycles. The summed E-state index contributed by atoms with van der Waals surface area (Å²) >= 11 is 0. The number of pyridine rings is 1. The molecule has 3 aromatic carbocycles. The van der Waals surface area contributed by atoms with Crippen LogP contribution < -0.4 is 20.1 Å². The van der Waals surface area contributed by atoms with E-state index in [1.807, 2.05) is 19.1 Å². The van der Waals surface area contributed by atoms with Crippen molar-refractivity contribution >= 4 is 34.1 Å². The van der Waals surface area contributed by atoms with Crippen LogP contribution in [0, 0.1) is 6.92 Å². The number of aliphatic hydroxyl groups excluding tert-OH is 1. The molecule has 2 heterocycles. The van der Waals surface area contributed by atoms with E-state index >= 15 is 0 Å². The minimum absolute atomic E-state index is 0.140. The zero-order chi connectivity index (χ0) is 24.4. The molecule has 0 fully saturated rings. The van der Waals surface area contributed by atoms with Crippen molar-refractivity contribution in [2.75, 3.05) is 23.8 Å². The van der Waals surface area contributed by atoms with Crippen LogP contribution in [0.2, 0.25) is 0 Å². The minimum atomic E-state index is -0.299. The first-order valence-electron chi connectivity index (χ1n) is 11.1. The third-order valence-corrected chi connectivity index (χ3v) is 5.72. The average molecular weight is 469 g/mol. The predicted octanol–water partition coefficient (Wildman–Crippen LogP) is 4.31. The van der Waals surface area contributed by atoms with Gasteiger partial charge < -0.3 is 25.2 Å². The van der Waals surface area contributed by atoms with Crippen LogP contribution in [-0.4, -0.2) is 35.1 Å². The molecule has 8 nitrogen and oxygen atoms in total. The largest absolute Gasteiger partial charge is 0.486 e. The lowest BCUT2D eigenvalue weighted by Crippen LogP contribution is -2.17. The fraction of sp³-hybridized carbons (Fsp3) is 0.148. The first-order valence-corrected chi connectivity index (χ1v) is 11.1. The van der Waals surface area contributed by atoms with E-state index in [0.717, 1.165) is 10.9 Å². The van der Waals surface area contributed by atoms with Gasteiger partial charge in [0.25, 0.3) is 11.8 Å². The summed E-state index contributed by atoms with van der Waals surface area (Å²) < 4.78 is 11.1. The summed E-state index contributed by atoms with van der Waals surface area (Å²) in [6.07, 6.45) is 0. The number of aryl methyl sites for hydroxylation is 1. The van der Waals surface area contributed by atoms with E-state index in [9.17, 15) is 14.7 Å². The summed E-state index contributed by atoms with van der Waals surface area (Å²) in [5, 5.41) is 15.8. The molecule has 4 aromatic rings. The molecule has 0 atom stereocenters. The van der Waals surface area contributed by atoms with E-state index in [4.69, 9.17) is 9.47 Å². The molecule has 1 aromatic heterocycles. The number of aromatic nitrogens is 1. The Morgan fingerprint density at radius 1 is 0.857 bits per heavy atom. The van der Waals surface area contributed by atoms with Gasteiger partial charge in [-0.2, -0.15) is 0 Å². The number of nitrogens with one attached hydrogen (secondary N) is 2. The summed E-state index contributed by atoms with van der Waals surface area (Å²) in [4.78, 5) is 30.1. The van der Waals surface area contributed by atoms with Crippen molar-refractivity contribution in [1.29, 1.82) is 0 Å². The summed E-state index contributed by atoms with van der Waals surface area (Å²) in [6.45, 7) is 2.66. The molecule has 35 heavy (non-hydrogen) atoms. The maximum atomic E-state index is 12.9. The zero-order valence-electron chi connectivity index (χ0n) is 19.0. The maximum absolute atomic E-state index is 12.9. The number of carbonyl (C=O) groups is 2. The van der Waals surface area contributed by atoms with Crippen LogP contribution in [0.4, 0.5) is 11.4 Å². The molecule has 5 rings (SSSR count). The Balaban J connectivity index is 1.32. The molecule has 0 saturated carbocycles. The SMILES string of the molecule is Cc1ccc(NC(=O)c2ccc3c(c2)OCCO3)cc1NC(=O)c1ccc2nc(CO)ccc2c1. The van der Waals surface area contributed by atoms with Crippen LogP contribution in [0.3, 0.4) is 0 Å². The maximum Gasteiger partial charge on any atom is 0.255 e. The Kier molecular flexibility index (Phi) is 6.03. The van der Waals surface area contributed by atoms with Crippen LogP contribution >= 0.6 is 0 Å². The normalized spacial score (nSPS) is 12.3. The molecule has 3 N–H and O–H groups in total. The molecule has 0 bridgehead atoms. The highest BCUT2D eigenvalue weighted by Gasteiger charge is 2.16. The van der Waals surface area contributed by atoms with Crippen LogP contribution in [0.1, 0.15) is 32.0 Å². The number of ether oxygens (including phenoxy) is 2. The number of benzene rings is 3. The second kappa shape index (κ2) is 9.44. The van der Waals surface area contributed by atoms with Crippen molar-refractivity contribution < 1.29 is 24.2 Å². The smallest absolute Gasteiger partial charge is 0.255 e. The van der Waals surface area contributed by atoms with Gasteiger partial charge in [0.2, 0.25) is 0 Å². The lowest BCUT2D eigenvalue weighted by atomic mass is 10.1. The number of anilines is 2. The number of fused-ring (bicyclic) bond motifs is 2. The number of nitrogens with zero attached hydrogens (tertiary/aromatic N) is 1. The van der Waals surface area contributed by atoms with E-state index in [-0.39, 0.29) is 18.4 Å². The highest BCUT2D eigenvalue weighted by Crippen LogP contribution is 2.31. The van der Waals surface area contributed by atoms with Gasteiger partial charge in [-0.25, -0.2) is 0 Å². The van der Waals surface area contributed by atoms with Gasteiger partial charge in [0.1, 0.15) is 13.2 Å². The molecule has 0 radical (unpaired) electrons. The Morgan fingerprint density at radius 2 is 1.60 bits per heavy atom. The van der Waals surface area contributed by atoms with Crippen molar-refractivity contribution in [2.24, 2.45) is 0 Å². The lowest BCUT2D eigenvalue weighted by molar-refractivity contribution is 0.101. The Labute approximate surface area is 201 Å². The topological polar surface area (TPSA) is 110 Å². The zero-order valence-corrected chi connectivity index (χ0v) is 19.0. The van der Waals surface area contributed by atoms with Gasteiger partial charge in [0, 0.05) is 27.9 Å². The van der Waals surface area contributed by atoms with Gasteiger partial charge in [0.15, 0.2) is 11.5 Å². The molecule has 8 heteroatoms. The molecule has 0 aliphatic carbocycles. The number of rotatable bonds is 5. The van der Waals surface area contributed by atoms with E-state index < -0.39 is 0 Å². The van der Waals surface area contributed by atoms with E-state index in [0.29, 0.717) is 58.4 Å². The average Bonchev–Trinajstić information content (AvgIpc) is 2.89. The first kappa shape index (κ1) is 22.4. The molecule has 0 spiro atoms. The lowest BCUT2D eigenvalue weighted by Gasteiger charge is -2.18. The van der Waals surface area contributed by atoms with Crippen molar-refractivity contribution in [1.82, 2.24) is 4.98 Å². The fourth-order valence-corrected chi connectivity index (χ4v) is 3.81. The highest BCUT2D eigenvalue weighted by molar-refractivity contribution is 6.08.